The Morgan fingerprint density at radius 1 is 0.676 bits per heavy atom. The van der Waals surface area contributed by atoms with Crippen molar-refractivity contribution in [2.75, 3.05) is 0 Å². The highest BCUT2D eigenvalue weighted by molar-refractivity contribution is 8.05. The highest BCUT2D eigenvalue weighted by Crippen LogP contribution is 2.26. The van der Waals surface area contributed by atoms with Gasteiger partial charge in [0.25, 0.3) is 10.0 Å². The molecule has 0 heterocycles. The molecule has 0 aromatic heterocycles. The quantitative estimate of drug-likeness (QED) is 0.243. The summed E-state index contributed by atoms with van der Waals surface area (Å²) >= 11 is 0. The molecule has 1 atom stereocenters. The normalized spacial score (nSPS) is 14.1. The monoisotopic (exact) mass is 503 g/mol. The highest BCUT2D eigenvalue weighted by Gasteiger charge is 2.20. The van der Waals surface area contributed by atoms with E-state index in [1.807, 2.05) is 26.0 Å². The molecule has 0 spiro atoms. The Labute approximate surface area is 208 Å². The van der Waals surface area contributed by atoms with E-state index in [9.17, 15) is 12.6 Å². The van der Waals surface area contributed by atoms with Crippen molar-refractivity contribution in [1.29, 1.82) is 0 Å². The first-order valence-corrected chi connectivity index (χ1v) is 15.6. The minimum absolute atomic E-state index is 0.0670. The van der Waals surface area contributed by atoms with Crippen LogP contribution in [0.1, 0.15) is 89.2 Å². The molecule has 2 aromatic carbocycles. The molecule has 4 nitrogen and oxygen atoms in total. The van der Waals surface area contributed by atoms with Crippen molar-refractivity contribution >= 4 is 19.8 Å². The Morgan fingerprint density at radius 2 is 1.15 bits per heavy atom. The third-order valence-electron chi connectivity index (χ3n) is 5.92. The molecule has 0 radical (unpaired) electrons. The van der Waals surface area contributed by atoms with Crippen molar-refractivity contribution in [3.8, 4) is 0 Å². The van der Waals surface area contributed by atoms with E-state index in [1.54, 1.807) is 29.7 Å². The van der Waals surface area contributed by atoms with Crippen LogP contribution in [-0.2, 0) is 19.8 Å². The number of benzene rings is 2. The summed E-state index contributed by atoms with van der Waals surface area (Å²) in [5.74, 6) is 0. The maximum Gasteiger partial charge on any atom is 0.290 e. The number of hydrogen-bond acceptors (Lipinski definition) is 3. The van der Waals surface area contributed by atoms with E-state index in [4.69, 9.17) is 0 Å². The van der Waals surface area contributed by atoms with Crippen LogP contribution in [0.25, 0.3) is 0 Å². The van der Waals surface area contributed by atoms with Crippen molar-refractivity contribution in [2.24, 2.45) is 3.77 Å². The van der Waals surface area contributed by atoms with Crippen LogP contribution in [0.3, 0.4) is 0 Å². The number of sulfonamides is 1. The van der Waals surface area contributed by atoms with Crippen molar-refractivity contribution < 1.29 is 12.6 Å². The van der Waals surface area contributed by atoms with Gasteiger partial charge < -0.3 is 0 Å². The fourth-order valence-electron chi connectivity index (χ4n) is 3.77. The maximum absolute atomic E-state index is 14.3. The van der Waals surface area contributed by atoms with Crippen LogP contribution in [-0.4, -0.2) is 12.6 Å². The number of unbranched alkanes of at least 4 members (excludes halogenated alkanes) is 6. The summed E-state index contributed by atoms with van der Waals surface area (Å²) in [4.78, 5) is 0.503. The molecule has 0 amide bonds. The summed E-state index contributed by atoms with van der Waals surface area (Å²) in [7, 11) is -7.40. The van der Waals surface area contributed by atoms with Crippen LogP contribution in [0.5, 0.6) is 0 Å². The molecule has 34 heavy (non-hydrogen) atoms. The topological polar surface area (TPSA) is 63.6 Å². The summed E-state index contributed by atoms with van der Waals surface area (Å²) in [6.07, 6.45) is 10.7. The molecule has 188 valence electrons. The Morgan fingerprint density at radius 3 is 1.71 bits per heavy atom. The van der Waals surface area contributed by atoms with E-state index in [2.05, 4.69) is 17.6 Å². The predicted octanol–water partition coefficient (Wildman–Crippen LogP) is 8.34. The molecule has 0 aliphatic heterocycles. The van der Waals surface area contributed by atoms with E-state index in [1.165, 1.54) is 37.8 Å². The lowest BCUT2D eigenvalue weighted by atomic mass is 10.0. The number of rotatable bonds is 14. The molecule has 0 unspecified atom stereocenters. The lowest BCUT2D eigenvalue weighted by molar-refractivity contribution is 0.597. The average molecular weight is 504 g/mol. The molecule has 0 bridgehead atoms. The minimum atomic E-state index is -4.09. The fraction of sp³-hybridized carbons (Fsp3) is 0.500. The maximum atomic E-state index is 14.3. The lowest BCUT2D eigenvalue weighted by Gasteiger charge is -2.12. The zero-order valence-electron chi connectivity index (χ0n) is 21.3. The van der Waals surface area contributed by atoms with Gasteiger partial charge in [-0.3, -0.25) is 0 Å². The predicted molar refractivity (Wildman–Crippen MR) is 144 cm³/mol. The van der Waals surface area contributed by atoms with Crippen LogP contribution in [0.4, 0.5) is 0 Å². The zero-order valence-corrected chi connectivity index (χ0v) is 22.9. The second-order valence-electron chi connectivity index (χ2n) is 9.14. The van der Waals surface area contributed by atoms with Gasteiger partial charge in [-0.1, -0.05) is 97.1 Å². The van der Waals surface area contributed by atoms with Crippen LogP contribution in [0.2, 0.25) is 0 Å². The van der Waals surface area contributed by atoms with Crippen LogP contribution in [0.15, 0.2) is 73.1 Å². The molecule has 0 aliphatic carbocycles. The molecule has 6 heteroatoms. The largest absolute Gasteiger partial charge is 0.290 e. The molecule has 2 rings (SSSR count). The Kier molecular flexibility index (Phi) is 11.5. The van der Waals surface area contributed by atoms with Gasteiger partial charge in [-0.05, 0) is 63.8 Å². The van der Waals surface area contributed by atoms with Crippen molar-refractivity contribution in [1.82, 2.24) is 0 Å². The SMILES string of the molecule is CCCCCCCC/C(=C/[S@@](=O)(=NS(=O)(=O)c1ccc(C)cc1)c1ccc(C)cc1)CCCC. The summed E-state index contributed by atoms with van der Waals surface area (Å²) in [6.45, 7) is 8.19. The van der Waals surface area contributed by atoms with Gasteiger partial charge in [-0.2, -0.15) is 8.42 Å². The molecule has 0 N–H and O–H groups in total. The number of aryl methyl sites for hydroxylation is 2. The van der Waals surface area contributed by atoms with Crippen molar-refractivity contribution in [2.45, 2.75) is 102 Å². The molecule has 0 saturated heterocycles. The van der Waals surface area contributed by atoms with E-state index in [0.717, 1.165) is 55.2 Å². The second kappa shape index (κ2) is 13.8. The molecular weight excluding hydrogens is 462 g/mol. The molecular formula is C28H41NO3S2. The van der Waals surface area contributed by atoms with E-state index < -0.39 is 19.8 Å². The van der Waals surface area contributed by atoms with Crippen LogP contribution < -0.4 is 0 Å². The smallest absolute Gasteiger partial charge is 0.239 e. The standard InChI is InChI=1S/C28H41NO3S2/c1-5-7-9-10-11-12-14-26(13-8-6-2)23-33(30,27-19-15-24(3)16-20-27)29-34(31,32)28-21-17-25(4)18-22-28/h15-23H,5-14H2,1-4H3/b26-23+/t33-/m0/s1. The fourth-order valence-corrected chi connectivity index (χ4v) is 7.63. The zero-order chi connectivity index (χ0) is 25.0. The first-order valence-electron chi connectivity index (χ1n) is 12.6. The summed E-state index contributed by atoms with van der Waals surface area (Å²) < 4.78 is 44.7. The summed E-state index contributed by atoms with van der Waals surface area (Å²) in [5.41, 5.74) is 3.03. The van der Waals surface area contributed by atoms with Gasteiger partial charge in [-0.15, -0.1) is 0 Å². The molecule has 2 aromatic rings. The van der Waals surface area contributed by atoms with Gasteiger partial charge in [0, 0.05) is 5.41 Å². The van der Waals surface area contributed by atoms with Crippen molar-refractivity contribution in [3.63, 3.8) is 0 Å². The Balaban J connectivity index is 2.49. The molecule has 0 aliphatic rings. The highest BCUT2D eigenvalue weighted by atomic mass is 32.3. The minimum Gasteiger partial charge on any atom is -0.239 e. The van der Waals surface area contributed by atoms with Crippen molar-refractivity contribution in [3.05, 3.63) is 70.6 Å². The van der Waals surface area contributed by atoms with Gasteiger partial charge >= 0.3 is 0 Å². The molecule has 0 saturated carbocycles. The number of nitrogens with zero attached hydrogens (tertiary/aromatic N) is 1. The van der Waals surface area contributed by atoms with Gasteiger partial charge in [0.1, 0.15) is 9.73 Å². The second-order valence-corrected chi connectivity index (χ2v) is 13.0. The number of hydrogen-bond donors (Lipinski definition) is 0. The summed E-state index contributed by atoms with van der Waals surface area (Å²) in [6, 6.07) is 13.7. The van der Waals surface area contributed by atoms with Gasteiger partial charge in [0.2, 0.25) is 0 Å². The molecule has 0 fully saturated rings. The van der Waals surface area contributed by atoms with Gasteiger partial charge in [0.05, 0.1) is 9.79 Å². The van der Waals surface area contributed by atoms with E-state index in [-0.39, 0.29) is 4.90 Å². The van der Waals surface area contributed by atoms with E-state index >= 15 is 0 Å². The lowest BCUT2D eigenvalue weighted by Crippen LogP contribution is -2.06. The average Bonchev–Trinajstić information content (AvgIpc) is 2.79. The number of allylic oxidation sites excluding steroid dienone is 1. The first kappa shape index (κ1) is 28.3. The Bertz CT molecular complexity index is 1140. The third kappa shape index (κ3) is 9.03. The van der Waals surface area contributed by atoms with Gasteiger partial charge in [-0.25, -0.2) is 4.21 Å². The summed E-state index contributed by atoms with van der Waals surface area (Å²) in [5, 5.41) is 1.67. The van der Waals surface area contributed by atoms with Crippen LogP contribution in [0, 0.1) is 13.8 Å². The third-order valence-corrected chi connectivity index (χ3v) is 10.1. The van der Waals surface area contributed by atoms with Gasteiger partial charge in [0.15, 0.2) is 0 Å². The van der Waals surface area contributed by atoms with Crippen LogP contribution >= 0.6 is 0 Å². The van der Waals surface area contributed by atoms with E-state index in [0.29, 0.717) is 4.90 Å². The Hall–Kier alpha value is -1.92. The first-order chi connectivity index (χ1) is 16.2.